The maximum atomic E-state index is 5.14. The second kappa shape index (κ2) is 15.7. The Labute approximate surface area is 72.9 Å². The summed E-state index contributed by atoms with van der Waals surface area (Å²) in [5, 5.41) is 0. The Hall–Kier alpha value is 1.21. The van der Waals surface area contributed by atoms with Gasteiger partial charge in [-0.3, -0.25) is 0 Å². The van der Waals surface area contributed by atoms with E-state index in [2.05, 4.69) is 6.92 Å². The van der Waals surface area contributed by atoms with Crippen molar-refractivity contribution in [2.24, 2.45) is 5.73 Å². The Morgan fingerprint density at radius 2 is 1.86 bits per heavy atom. The number of rotatable bonds is 2. The fraction of sp³-hybridized carbons (Fsp3) is 1.00. The van der Waals surface area contributed by atoms with Gasteiger partial charge in [0.15, 0.2) is 0 Å². The van der Waals surface area contributed by atoms with E-state index in [1.807, 2.05) is 0 Å². The largest absolute Gasteiger partial charge is 1.00 e. The molecule has 0 unspecified atom stereocenters. The van der Waals surface area contributed by atoms with Crippen molar-refractivity contribution in [2.75, 3.05) is 6.54 Å². The van der Waals surface area contributed by atoms with Crippen LogP contribution in [0.25, 0.3) is 0 Å². The molecule has 2 N–H and O–H groups in total. The van der Waals surface area contributed by atoms with Gasteiger partial charge in [-0.1, -0.05) is 13.3 Å². The molecule has 7 heavy (non-hydrogen) atoms. The van der Waals surface area contributed by atoms with Crippen molar-refractivity contribution >= 4 is 0 Å². The normalized spacial score (nSPS) is 6.00. The second-order valence-electron chi connectivity index (χ2n) is 1.14. The van der Waals surface area contributed by atoms with Crippen molar-refractivity contribution in [1.82, 2.24) is 0 Å². The first-order chi connectivity index (χ1) is 2.41. The van der Waals surface area contributed by atoms with E-state index in [1.54, 1.807) is 0 Å². The van der Waals surface area contributed by atoms with E-state index < -0.39 is 0 Å². The summed E-state index contributed by atoms with van der Waals surface area (Å²) < 4.78 is 0. The van der Waals surface area contributed by atoms with E-state index in [0.29, 0.717) is 0 Å². The van der Waals surface area contributed by atoms with Gasteiger partial charge >= 0.3 is 17.1 Å². The van der Waals surface area contributed by atoms with Crippen molar-refractivity contribution in [3.8, 4) is 0 Å². The first-order valence-electron chi connectivity index (χ1n) is 2.12. The Balaban J connectivity index is -0.0000000800. The fourth-order valence-corrected chi connectivity index (χ4v) is 0.204. The number of halogens is 1. The molecular weight excluding hydrogens is 253 g/mol. The first-order valence-corrected chi connectivity index (χ1v) is 2.12. The topological polar surface area (TPSA) is 26.0 Å². The Bertz CT molecular complexity index is 19.2. The van der Waals surface area contributed by atoms with Crippen LogP contribution in [0, 0.1) is 0 Å². The molecule has 0 amide bonds. The van der Waals surface area contributed by atoms with Gasteiger partial charge in [0, 0.05) is 0 Å². The maximum absolute atomic E-state index is 5.14. The van der Waals surface area contributed by atoms with Gasteiger partial charge in [-0.15, -0.1) is 0 Å². The van der Waals surface area contributed by atoms with E-state index in [-0.39, 0.29) is 41.0 Å². The van der Waals surface area contributed by atoms with E-state index in [1.165, 1.54) is 12.8 Å². The van der Waals surface area contributed by atoms with Gasteiger partial charge in [0.1, 0.15) is 0 Å². The first kappa shape index (κ1) is 15.7. The Morgan fingerprint density at radius 1 is 1.43 bits per heavy atom. The second-order valence-corrected chi connectivity index (χ2v) is 1.14. The number of hydrogen-bond acceptors (Lipinski definition) is 1. The predicted octanol–water partition coefficient (Wildman–Crippen LogP) is -2.25. The van der Waals surface area contributed by atoms with Crippen molar-refractivity contribution < 1.29 is 41.0 Å². The van der Waals surface area contributed by atoms with E-state index in [0.717, 1.165) is 6.54 Å². The molecule has 0 aliphatic rings. The van der Waals surface area contributed by atoms with Crippen LogP contribution in [0.15, 0.2) is 0 Å². The molecule has 0 atom stereocenters. The van der Waals surface area contributed by atoms with Gasteiger partial charge < -0.3 is 29.7 Å². The van der Waals surface area contributed by atoms with Gasteiger partial charge in [0.05, 0.1) is 0 Å². The summed E-state index contributed by atoms with van der Waals surface area (Å²) in [4.78, 5) is 0. The molecule has 0 fully saturated rings. The van der Waals surface area contributed by atoms with Crippen molar-refractivity contribution in [3.63, 3.8) is 0 Å². The van der Waals surface area contributed by atoms with Crippen molar-refractivity contribution in [3.05, 3.63) is 0 Å². The van der Waals surface area contributed by atoms with Crippen LogP contribution < -0.4 is 29.7 Å². The molecule has 0 aliphatic carbocycles. The van der Waals surface area contributed by atoms with Gasteiger partial charge in [-0.25, -0.2) is 0 Å². The minimum absolute atomic E-state index is 0. The molecule has 0 saturated carbocycles. The molecule has 0 bridgehead atoms. The van der Waals surface area contributed by atoms with Gasteiger partial charge in [-0.2, -0.15) is 0 Å². The third-order valence-electron chi connectivity index (χ3n) is 0.558. The molecule has 50 valence electrons. The summed E-state index contributed by atoms with van der Waals surface area (Å²) in [6, 6.07) is 0. The van der Waals surface area contributed by atoms with Gasteiger partial charge in [-0.05, 0) is 13.0 Å². The van der Waals surface area contributed by atoms with Crippen LogP contribution in [0.1, 0.15) is 19.8 Å². The summed E-state index contributed by atoms with van der Waals surface area (Å²) in [6.45, 7) is 2.98. The van der Waals surface area contributed by atoms with Crippen LogP contribution in [0.3, 0.4) is 0 Å². The Morgan fingerprint density at radius 3 is 1.86 bits per heavy atom. The molecule has 0 aromatic rings. The smallest absolute Gasteiger partial charge is 1.00 e. The van der Waals surface area contributed by atoms with E-state index >= 15 is 0 Å². The predicted molar refractivity (Wildman–Crippen MR) is 24.0 cm³/mol. The monoisotopic (exact) mass is 263 g/mol. The van der Waals surface area contributed by atoms with Crippen LogP contribution >= 0.6 is 0 Å². The van der Waals surface area contributed by atoms with E-state index in [4.69, 9.17) is 5.73 Å². The van der Waals surface area contributed by atoms with E-state index in [9.17, 15) is 0 Å². The molecule has 0 saturated heterocycles. The fourth-order valence-electron chi connectivity index (χ4n) is 0.204. The minimum Gasteiger partial charge on any atom is -1.00 e. The minimum atomic E-state index is 0. The zero-order valence-electron chi connectivity index (χ0n) is 4.38. The van der Waals surface area contributed by atoms with Crippen LogP contribution in [-0.4, -0.2) is 6.54 Å². The zero-order chi connectivity index (χ0) is 4.12. The molecule has 0 spiro atoms. The van der Waals surface area contributed by atoms with Crippen LogP contribution in [0.4, 0.5) is 0 Å². The molecule has 0 heterocycles. The molecule has 0 aromatic carbocycles. The number of hydrogen-bond donors (Lipinski definition) is 1. The molecule has 0 aliphatic heterocycles. The molecular formula is C4H11CuIN. The quantitative estimate of drug-likeness (QED) is 0.442. The molecule has 1 nitrogen and oxygen atoms in total. The third kappa shape index (κ3) is 19.0. The van der Waals surface area contributed by atoms with Gasteiger partial charge in [0.25, 0.3) is 0 Å². The summed E-state index contributed by atoms with van der Waals surface area (Å²) in [5.41, 5.74) is 5.14. The average Bonchev–Trinajstić information content (AvgIpc) is 1.41. The summed E-state index contributed by atoms with van der Waals surface area (Å²) in [6.07, 6.45) is 2.39. The number of nitrogens with two attached hydrogens (primary N) is 1. The summed E-state index contributed by atoms with van der Waals surface area (Å²) in [5.74, 6) is 0. The third-order valence-corrected chi connectivity index (χ3v) is 0.558. The van der Waals surface area contributed by atoms with Crippen molar-refractivity contribution in [2.45, 2.75) is 19.8 Å². The van der Waals surface area contributed by atoms with Gasteiger partial charge in [0.2, 0.25) is 0 Å². The average molecular weight is 264 g/mol. The van der Waals surface area contributed by atoms with Crippen molar-refractivity contribution in [1.29, 1.82) is 0 Å². The molecule has 0 radical (unpaired) electrons. The van der Waals surface area contributed by atoms with Crippen LogP contribution in [0.5, 0.6) is 0 Å². The number of unbranched alkanes of at least 4 members (excludes halogenated alkanes) is 1. The zero-order valence-corrected chi connectivity index (χ0v) is 7.48. The SMILES string of the molecule is CCCCN.[Cu+].[I-]. The molecule has 0 aromatic heterocycles. The standard InChI is InChI=1S/C4H11N.Cu.HI/c1-2-3-4-5;;/h2-5H2,1H3;;1H/q;+1;/p-1. The maximum Gasteiger partial charge on any atom is 1.00 e. The summed E-state index contributed by atoms with van der Waals surface area (Å²) in [7, 11) is 0. The van der Waals surface area contributed by atoms with Crippen LogP contribution in [0.2, 0.25) is 0 Å². The van der Waals surface area contributed by atoms with Crippen LogP contribution in [-0.2, 0) is 17.1 Å². The molecule has 0 rings (SSSR count). The molecule has 3 heteroatoms. The summed E-state index contributed by atoms with van der Waals surface area (Å²) >= 11 is 0. The Kier molecular flexibility index (Phi) is 35.2.